The molecular formula is C7H11N3S. The zero-order chi connectivity index (χ0) is 7.68. The van der Waals surface area contributed by atoms with Gasteiger partial charge in [0, 0.05) is 25.0 Å². The molecule has 11 heavy (non-hydrogen) atoms. The lowest BCUT2D eigenvalue weighted by Gasteiger charge is -2.09. The maximum absolute atomic E-state index is 4.41. The first-order valence-corrected chi connectivity index (χ1v) is 4.59. The average molecular weight is 169 g/mol. The summed E-state index contributed by atoms with van der Waals surface area (Å²) in [5, 5.41) is 7.40. The fourth-order valence-electron chi connectivity index (χ4n) is 1.23. The highest BCUT2D eigenvalue weighted by Gasteiger charge is 2.13. The van der Waals surface area contributed by atoms with E-state index in [0.717, 1.165) is 24.6 Å². The number of fused-ring (bicyclic) bond motifs is 1. The van der Waals surface area contributed by atoms with Crippen LogP contribution in [0.5, 0.6) is 0 Å². The summed E-state index contributed by atoms with van der Waals surface area (Å²) in [4.78, 5) is 5.85. The summed E-state index contributed by atoms with van der Waals surface area (Å²) in [6.07, 6.45) is 1.13. The molecule has 2 N–H and O–H groups in total. The van der Waals surface area contributed by atoms with E-state index < -0.39 is 0 Å². The van der Waals surface area contributed by atoms with Gasteiger partial charge in [-0.3, -0.25) is 0 Å². The third kappa shape index (κ3) is 1.23. The Morgan fingerprint density at radius 3 is 3.27 bits per heavy atom. The van der Waals surface area contributed by atoms with Crippen LogP contribution >= 0.6 is 11.3 Å². The molecule has 2 heterocycles. The molecule has 0 amide bonds. The quantitative estimate of drug-likeness (QED) is 0.654. The van der Waals surface area contributed by atoms with Gasteiger partial charge in [0.25, 0.3) is 0 Å². The molecule has 0 saturated carbocycles. The first-order chi connectivity index (χ1) is 5.40. The van der Waals surface area contributed by atoms with Crippen LogP contribution < -0.4 is 10.6 Å². The van der Waals surface area contributed by atoms with Gasteiger partial charge in [0.1, 0.15) is 0 Å². The molecule has 0 unspecified atom stereocenters. The lowest BCUT2D eigenvalue weighted by molar-refractivity contribution is 0.639. The van der Waals surface area contributed by atoms with Crippen molar-refractivity contribution in [2.75, 3.05) is 18.9 Å². The van der Waals surface area contributed by atoms with E-state index in [2.05, 4.69) is 15.6 Å². The molecule has 0 saturated heterocycles. The van der Waals surface area contributed by atoms with Crippen LogP contribution in [0.4, 0.5) is 5.13 Å². The van der Waals surface area contributed by atoms with Gasteiger partial charge in [-0.2, -0.15) is 0 Å². The Labute approximate surface area is 69.8 Å². The number of hydrogen-bond donors (Lipinski definition) is 2. The van der Waals surface area contributed by atoms with E-state index in [1.165, 1.54) is 10.6 Å². The molecule has 0 bridgehead atoms. The minimum Gasteiger partial charge on any atom is -0.365 e. The predicted molar refractivity (Wildman–Crippen MR) is 47.1 cm³/mol. The lowest BCUT2D eigenvalue weighted by Crippen LogP contribution is -2.22. The molecule has 1 aromatic rings. The van der Waals surface area contributed by atoms with Crippen molar-refractivity contribution in [1.29, 1.82) is 0 Å². The summed E-state index contributed by atoms with van der Waals surface area (Å²) in [5.41, 5.74) is 1.23. The van der Waals surface area contributed by atoms with Gasteiger partial charge >= 0.3 is 0 Å². The topological polar surface area (TPSA) is 37.0 Å². The Kier molecular flexibility index (Phi) is 1.79. The Bertz CT molecular complexity index is 233. The molecule has 0 atom stereocenters. The van der Waals surface area contributed by atoms with E-state index in [9.17, 15) is 0 Å². The molecular weight excluding hydrogens is 158 g/mol. The van der Waals surface area contributed by atoms with Crippen molar-refractivity contribution >= 4 is 16.5 Å². The maximum atomic E-state index is 4.41. The molecule has 0 aromatic carbocycles. The van der Waals surface area contributed by atoms with Crippen molar-refractivity contribution in [3.63, 3.8) is 0 Å². The minimum absolute atomic E-state index is 0.938. The summed E-state index contributed by atoms with van der Waals surface area (Å²) < 4.78 is 0. The van der Waals surface area contributed by atoms with Crippen molar-refractivity contribution in [2.45, 2.75) is 13.0 Å². The highest BCUT2D eigenvalue weighted by atomic mass is 32.1. The van der Waals surface area contributed by atoms with Crippen LogP contribution in [-0.2, 0) is 13.0 Å². The number of hydrogen-bond acceptors (Lipinski definition) is 4. The second-order valence-electron chi connectivity index (χ2n) is 2.57. The van der Waals surface area contributed by atoms with Crippen LogP contribution in [0.15, 0.2) is 0 Å². The predicted octanol–water partition coefficient (Wildman–Crippen LogP) is 0.831. The van der Waals surface area contributed by atoms with E-state index in [-0.39, 0.29) is 0 Å². The van der Waals surface area contributed by atoms with Crippen LogP contribution in [0, 0.1) is 0 Å². The summed E-state index contributed by atoms with van der Waals surface area (Å²) in [7, 11) is 1.91. The van der Waals surface area contributed by atoms with Crippen molar-refractivity contribution in [2.24, 2.45) is 0 Å². The van der Waals surface area contributed by atoms with Crippen LogP contribution in [-0.4, -0.2) is 18.6 Å². The Morgan fingerprint density at radius 2 is 2.55 bits per heavy atom. The molecule has 0 radical (unpaired) electrons. The van der Waals surface area contributed by atoms with Gasteiger partial charge in [-0.05, 0) is 6.42 Å². The van der Waals surface area contributed by atoms with Crippen molar-refractivity contribution in [3.05, 3.63) is 10.6 Å². The highest BCUT2D eigenvalue weighted by Crippen LogP contribution is 2.24. The second kappa shape index (κ2) is 2.79. The molecule has 1 aromatic heterocycles. The number of nitrogens with zero attached hydrogens (tertiary/aromatic N) is 1. The minimum atomic E-state index is 0.938. The van der Waals surface area contributed by atoms with Gasteiger partial charge in [-0.15, -0.1) is 11.3 Å². The Morgan fingerprint density at radius 1 is 1.64 bits per heavy atom. The van der Waals surface area contributed by atoms with Crippen LogP contribution in [0.25, 0.3) is 0 Å². The number of nitrogens with one attached hydrogen (secondary N) is 2. The van der Waals surface area contributed by atoms with Crippen molar-refractivity contribution in [1.82, 2.24) is 10.3 Å². The normalized spacial score (nSPS) is 16.1. The van der Waals surface area contributed by atoms with E-state index in [0.29, 0.717) is 0 Å². The SMILES string of the molecule is CNc1nc2c(s1)CCNC2. The number of rotatable bonds is 1. The number of aromatic nitrogens is 1. The fraction of sp³-hybridized carbons (Fsp3) is 0.571. The van der Waals surface area contributed by atoms with Gasteiger partial charge in [0.2, 0.25) is 0 Å². The fourth-order valence-corrected chi connectivity index (χ4v) is 2.16. The Hall–Kier alpha value is -0.610. The third-order valence-corrected chi connectivity index (χ3v) is 2.99. The largest absolute Gasteiger partial charge is 0.365 e. The molecule has 1 aliphatic heterocycles. The molecule has 0 spiro atoms. The van der Waals surface area contributed by atoms with Crippen molar-refractivity contribution < 1.29 is 0 Å². The zero-order valence-corrected chi connectivity index (χ0v) is 7.29. The number of anilines is 1. The first-order valence-electron chi connectivity index (χ1n) is 3.77. The monoisotopic (exact) mass is 169 g/mol. The molecule has 2 rings (SSSR count). The first kappa shape index (κ1) is 7.06. The van der Waals surface area contributed by atoms with Gasteiger partial charge in [0.15, 0.2) is 5.13 Å². The molecule has 4 heteroatoms. The lowest BCUT2D eigenvalue weighted by atomic mass is 10.2. The Balaban J connectivity index is 2.32. The van der Waals surface area contributed by atoms with Crippen LogP contribution in [0.3, 0.4) is 0 Å². The standard InChI is InChI=1S/C7H11N3S/c1-8-7-10-5-4-9-3-2-6(5)11-7/h9H,2-4H2,1H3,(H,8,10). The summed E-state index contributed by atoms with van der Waals surface area (Å²) in [6.45, 7) is 2.03. The van der Waals surface area contributed by atoms with E-state index in [4.69, 9.17) is 0 Å². The second-order valence-corrected chi connectivity index (χ2v) is 3.65. The zero-order valence-electron chi connectivity index (χ0n) is 6.48. The third-order valence-electron chi connectivity index (χ3n) is 1.81. The van der Waals surface area contributed by atoms with E-state index >= 15 is 0 Å². The van der Waals surface area contributed by atoms with Gasteiger partial charge in [-0.25, -0.2) is 4.98 Å². The van der Waals surface area contributed by atoms with E-state index in [1.54, 1.807) is 11.3 Å². The maximum Gasteiger partial charge on any atom is 0.182 e. The smallest absolute Gasteiger partial charge is 0.182 e. The summed E-state index contributed by atoms with van der Waals surface area (Å²) >= 11 is 1.77. The van der Waals surface area contributed by atoms with Gasteiger partial charge in [0.05, 0.1) is 5.69 Å². The summed E-state index contributed by atoms with van der Waals surface area (Å²) in [6, 6.07) is 0. The summed E-state index contributed by atoms with van der Waals surface area (Å²) in [5.74, 6) is 0. The van der Waals surface area contributed by atoms with Crippen molar-refractivity contribution in [3.8, 4) is 0 Å². The van der Waals surface area contributed by atoms with Crippen LogP contribution in [0.1, 0.15) is 10.6 Å². The highest BCUT2D eigenvalue weighted by molar-refractivity contribution is 7.15. The van der Waals surface area contributed by atoms with Gasteiger partial charge in [-0.1, -0.05) is 0 Å². The molecule has 60 valence electrons. The molecule has 0 aliphatic carbocycles. The van der Waals surface area contributed by atoms with Crippen LogP contribution in [0.2, 0.25) is 0 Å². The molecule has 0 fully saturated rings. The number of thiazole rings is 1. The molecule has 3 nitrogen and oxygen atoms in total. The molecule has 1 aliphatic rings. The van der Waals surface area contributed by atoms with Gasteiger partial charge < -0.3 is 10.6 Å². The average Bonchev–Trinajstić information content (AvgIpc) is 2.46. The van der Waals surface area contributed by atoms with E-state index in [1.807, 2.05) is 7.05 Å².